The van der Waals surface area contributed by atoms with Gasteiger partial charge in [0.2, 0.25) is 0 Å². The summed E-state index contributed by atoms with van der Waals surface area (Å²) in [7, 11) is 2.99. The van der Waals surface area contributed by atoms with Crippen molar-refractivity contribution < 1.29 is 14.3 Å². The highest BCUT2D eigenvalue weighted by Crippen LogP contribution is 2.26. The third-order valence-electron chi connectivity index (χ3n) is 2.59. The molecule has 0 amide bonds. The molecule has 0 saturated carbocycles. The molecule has 6 heteroatoms. The summed E-state index contributed by atoms with van der Waals surface area (Å²) in [4.78, 5) is 15.5. The van der Waals surface area contributed by atoms with Crippen LogP contribution in [0.4, 0.5) is 0 Å². The third kappa shape index (κ3) is 2.64. The van der Waals surface area contributed by atoms with Crippen LogP contribution >= 0.6 is 15.9 Å². The van der Waals surface area contributed by atoms with Gasteiger partial charge >= 0.3 is 5.97 Å². The van der Waals surface area contributed by atoms with E-state index in [4.69, 9.17) is 4.74 Å². The summed E-state index contributed by atoms with van der Waals surface area (Å²) in [5.41, 5.74) is 1.63. The van der Waals surface area contributed by atoms with Crippen molar-refractivity contribution in [2.45, 2.75) is 12.8 Å². The van der Waals surface area contributed by atoms with Crippen molar-refractivity contribution in [3.63, 3.8) is 0 Å². The molecule has 0 aliphatic rings. The minimum Gasteiger partial charge on any atom is -0.495 e. The van der Waals surface area contributed by atoms with Crippen LogP contribution in [0.1, 0.15) is 12.1 Å². The lowest BCUT2D eigenvalue weighted by Gasteiger charge is -2.02. The number of carbonyl (C=O) groups is 1. The monoisotopic (exact) mass is 312 g/mol. The SMILES string of the molecule is COC(=O)CCc1cn2cc(Br)c(OC)cc2n1. The van der Waals surface area contributed by atoms with E-state index in [1.807, 2.05) is 22.9 Å². The molecule has 0 saturated heterocycles. The average Bonchev–Trinajstić information content (AvgIpc) is 2.76. The molecule has 0 radical (unpaired) electrons. The molecule has 0 unspecified atom stereocenters. The van der Waals surface area contributed by atoms with Gasteiger partial charge in [-0.1, -0.05) is 0 Å². The summed E-state index contributed by atoms with van der Waals surface area (Å²) in [6, 6.07) is 1.84. The molecule has 0 aliphatic heterocycles. The number of hydrogen-bond donors (Lipinski definition) is 0. The molecule has 2 aromatic rings. The summed E-state index contributed by atoms with van der Waals surface area (Å²) in [5, 5.41) is 0. The second-order valence-corrected chi connectivity index (χ2v) is 4.62. The van der Waals surface area contributed by atoms with Crippen molar-refractivity contribution in [1.29, 1.82) is 0 Å². The molecular weight excluding hydrogens is 300 g/mol. The Morgan fingerprint density at radius 1 is 1.44 bits per heavy atom. The second kappa shape index (κ2) is 5.39. The van der Waals surface area contributed by atoms with Gasteiger partial charge in [-0.15, -0.1) is 0 Å². The predicted octanol–water partition coefficient (Wildman–Crippen LogP) is 2.21. The number of ether oxygens (including phenoxy) is 2. The van der Waals surface area contributed by atoms with Crippen molar-refractivity contribution >= 4 is 27.5 Å². The topological polar surface area (TPSA) is 52.8 Å². The first-order valence-electron chi connectivity index (χ1n) is 5.42. The summed E-state index contributed by atoms with van der Waals surface area (Å²) in [6.07, 6.45) is 4.66. The number of aromatic nitrogens is 2. The zero-order valence-corrected chi connectivity index (χ0v) is 11.7. The number of hydrogen-bond acceptors (Lipinski definition) is 4. The fourth-order valence-electron chi connectivity index (χ4n) is 1.65. The highest BCUT2D eigenvalue weighted by molar-refractivity contribution is 9.10. The van der Waals surface area contributed by atoms with Crippen molar-refractivity contribution in [3.05, 3.63) is 28.6 Å². The van der Waals surface area contributed by atoms with Crippen molar-refractivity contribution in [1.82, 2.24) is 9.38 Å². The maximum Gasteiger partial charge on any atom is 0.305 e. The maximum atomic E-state index is 11.1. The van der Waals surface area contributed by atoms with Crippen LogP contribution in [0.3, 0.4) is 0 Å². The van der Waals surface area contributed by atoms with E-state index in [9.17, 15) is 4.79 Å². The zero-order chi connectivity index (χ0) is 13.1. The lowest BCUT2D eigenvalue weighted by molar-refractivity contribution is -0.140. The molecule has 0 spiro atoms. The molecular formula is C12H13BrN2O3. The molecule has 0 aromatic carbocycles. The fraction of sp³-hybridized carbons (Fsp3) is 0.333. The highest BCUT2D eigenvalue weighted by Gasteiger charge is 2.08. The fourth-order valence-corrected chi connectivity index (χ4v) is 2.15. The van der Waals surface area contributed by atoms with Crippen LogP contribution in [-0.4, -0.2) is 29.6 Å². The Labute approximate surface area is 113 Å². The largest absolute Gasteiger partial charge is 0.495 e. The Balaban J connectivity index is 2.24. The standard InChI is InChI=1S/C12H13BrN2O3/c1-17-10-5-11-14-8(3-4-12(16)18-2)6-15(11)7-9(10)13/h5-7H,3-4H2,1-2H3. The van der Waals surface area contributed by atoms with Gasteiger partial charge < -0.3 is 13.9 Å². The molecule has 2 heterocycles. The van der Waals surface area contributed by atoms with Crippen LogP contribution in [-0.2, 0) is 16.0 Å². The van der Waals surface area contributed by atoms with E-state index in [0.717, 1.165) is 21.6 Å². The number of rotatable bonds is 4. The van der Waals surface area contributed by atoms with Gasteiger partial charge in [-0.2, -0.15) is 0 Å². The normalized spacial score (nSPS) is 10.6. The van der Waals surface area contributed by atoms with Gasteiger partial charge in [0.25, 0.3) is 0 Å². The van der Waals surface area contributed by atoms with E-state index in [1.54, 1.807) is 7.11 Å². The highest BCUT2D eigenvalue weighted by atomic mass is 79.9. The Kier molecular flexibility index (Phi) is 3.86. The first-order chi connectivity index (χ1) is 8.63. The number of esters is 1. The van der Waals surface area contributed by atoms with Gasteiger partial charge in [-0.3, -0.25) is 4.79 Å². The third-order valence-corrected chi connectivity index (χ3v) is 3.19. The number of pyridine rings is 1. The molecule has 96 valence electrons. The summed E-state index contributed by atoms with van der Waals surface area (Å²) in [6.45, 7) is 0. The molecule has 0 N–H and O–H groups in total. The number of fused-ring (bicyclic) bond motifs is 1. The van der Waals surface area contributed by atoms with Crippen LogP contribution in [0.5, 0.6) is 5.75 Å². The van der Waals surface area contributed by atoms with Crippen molar-refractivity contribution in [3.8, 4) is 5.75 Å². The quantitative estimate of drug-likeness (QED) is 0.812. The summed E-state index contributed by atoms with van der Waals surface area (Å²) >= 11 is 3.41. The van der Waals surface area contributed by atoms with Crippen LogP contribution in [0.25, 0.3) is 5.65 Å². The zero-order valence-electron chi connectivity index (χ0n) is 10.1. The lowest BCUT2D eigenvalue weighted by Crippen LogP contribution is -2.01. The molecule has 5 nitrogen and oxygen atoms in total. The van der Waals surface area contributed by atoms with E-state index in [0.29, 0.717) is 12.8 Å². The lowest BCUT2D eigenvalue weighted by atomic mass is 10.2. The smallest absolute Gasteiger partial charge is 0.305 e. The Bertz CT molecular complexity index is 580. The number of methoxy groups -OCH3 is 2. The minimum absolute atomic E-state index is 0.231. The van der Waals surface area contributed by atoms with Gasteiger partial charge in [0.05, 0.1) is 30.8 Å². The number of carbonyl (C=O) groups excluding carboxylic acids is 1. The predicted molar refractivity (Wildman–Crippen MR) is 69.8 cm³/mol. The summed E-state index contributed by atoms with van der Waals surface area (Å²) < 4.78 is 12.5. The average molecular weight is 313 g/mol. The molecule has 2 rings (SSSR count). The first kappa shape index (κ1) is 12.9. The molecule has 18 heavy (non-hydrogen) atoms. The van der Waals surface area contributed by atoms with E-state index in [1.165, 1.54) is 7.11 Å². The molecule has 0 bridgehead atoms. The maximum absolute atomic E-state index is 11.1. The van der Waals surface area contributed by atoms with Gasteiger partial charge in [0, 0.05) is 24.9 Å². The van der Waals surface area contributed by atoms with E-state index >= 15 is 0 Å². The van der Waals surface area contributed by atoms with Crippen LogP contribution in [0.15, 0.2) is 22.9 Å². The molecule has 0 atom stereocenters. The Morgan fingerprint density at radius 2 is 2.22 bits per heavy atom. The molecule has 0 fully saturated rings. The van der Waals surface area contributed by atoms with E-state index < -0.39 is 0 Å². The molecule has 2 aromatic heterocycles. The van der Waals surface area contributed by atoms with E-state index in [-0.39, 0.29) is 5.97 Å². The van der Waals surface area contributed by atoms with Crippen molar-refractivity contribution in [2.75, 3.05) is 14.2 Å². The van der Waals surface area contributed by atoms with Crippen molar-refractivity contribution in [2.24, 2.45) is 0 Å². The Morgan fingerprint density at radius 3 is 2.89 bits per heavy atom. The number of aryl methyl sites for hydroxylation is 1. The molecule has 0 aliphatic carbocycles. The van der Waals surface area contributed by atoms with Gasteiger partial charge in [-0.25, -0.2) is 4.98 Å². The van der Waals surface area contributed by atoms with E-state index in [2.05, 4.69) is 25.7 Å². The van der Waals surface area contributed by atoms with Gasteiger partial charge in [0.15, 0.2) is 0 Å². The van der Waals surface area contributed by atoms with Crippen LogP contribution < -0.4 is 4.74 Å². The second-order valence-electron chi connectivity index (χ2n) is 3.76. The van der Waals surface area contributed by atoms with Crippen LogP contribution in [0, 0.1) is 0 Å². The van der Waals surface area contributed by atoms with Crippen LogP contribution in [0.2, 0.25) is 0 Å². The number of halogens is 1. The Hall–Kier alpha value is -1.56. The minimum atomic E-state index is -0.231. The number of nitrogens with zero attached hydrogens (tertiary/aromatic N) is 2. The number of imidazole rings is 1. The van der Waals surface area contributed by atoms with Gasteiger partial charge in [-0.05, 0) is 15.9 Å². The van der Waals surface area contributed by atoms with Gasteiger partial charge in [0.1, 0.15) is 11.4 Å². The summed E-state index contributed by atoms with van der Waals surface area (Å²) in [5.74, 6) is 0.499. The first-order valence-corrected chi connectivity index (χ1v) is 6.21.